The van der Waals surface area contributed by atoms with Crippen LogP contribution in [0.25, 0.3) is 11.1 Å². The van der Waals surface area contributed by atoms with Crippen molar-refractivity contribution < 1.29 is 13.2 Å². The summed E-state index contributed by atoms with van der Waals surface area (Å²) in [4.78, 5) is 12.3. The Labute approximate surface area is 214 Å². The standard InChI is InChI=1S/C29H35N3O3S/c1-4-21-10-11-24(22-12-14-25(15-13-22)30-29(33)31-26-16-17-26)19-28(21)36(34,35)32-27(18-20(2)3)23-8-6-5-7-9-23/h5-15,19-20,26-27,32H,4,16-18H2,1-3H3,(H2,30,31,33). The second-order valence-corrected chi connectivity index (χ2v) is 11.5. The van der Waals surface area contributed by atoms with Crippen molar-refractivity contribution in [2.45, 2.75) is 63.4 Å². The van der Waals surface area contributed by atoms with E-state index in [1.165, 1.54) is 0 Å². The lowest BCUT2D eigenvalue weighted by Gasteiger charge is -2.22. The number of aryl methyl sites for hydroxylation is 1. The van der Waals surface area contributed by atoms with Gasteiger partial charge >= 0.3 is 6.03 Å². The molecule has 1 saturated carbocycles. The Balaban J connectivity index is 1.58. The number of carbonyl (C=O) groups is 1. The van der Waals surface area contributed by atoms with Crippen molar-refractivity contribution in [3.63, 3.8) is 0 Å². The van der Waals surface area contributed by atoms with Crippen LogP contribution < -0.4 is 15.4 Å². The van der Waals surface area contributed by atoms with E-state index < -0.39 is 10.0 Å². The van der Waals surface area contributed by atoms with Gasteiger partial charge in [0.25, 0.3) is 0 Å². The molecular formula is C29H35N3O3S. The number of urea groups is 1. The van der Waals surface area contributed by atoms with Crippen LogP contribution in [0.1, 0.15) is 57.2 Å². The van der Waals surface area contributed by atoms with Crippen molar-refractivity contribution in [1.82, 2.24) is 10.0 Å². The molecular weight excluding hydrogens is 470 g/mol. The predicted molar refractivity (Wildman–Crippen MR) is 145 cm³/mol. The van der Waals surface area contributed by atoms with Gasteiger partial charge in [0.05, 0.1) is 4.90 Å². The molecule has 0 bridgehead atoms. The second kappa shape index (κ2) is 11.3. The molecule has 1 atom stereocenters. The molecule has 0 spiro atoms. The minimum atomic E-state index is -3.77. The van der Waals surface area contributed by atoms with Crippen LogP contribution in [-0.4, -0.2) is 20.5 Å². The van der Waals surface area contributed by atoms with E-state index in [4.69, 9.17) is 0 Å². The lowest BCUT2D eigenvalue weighted by atomic mass is 9.98. The van der Waals surface area contributed by atoms with Crippen molar-refractivity contribution in [3.8, 4) is 11.1 Å². The fourth-order valence-corrected chi connectivity index (χ4v) is 5.84. The molecule has 1 aliphatic rings. The maximum atomic E-state index is 13.7. The summed E-state index contributed by atoms with van der Waals surface area (Å²) >= 11 is 0. The molecule has 0 aromatic heterocycles. The summed E-state index contributed by atoms with van der Waals surface area (Å²) in [7, 11) is -3.77. The van der Waals surface area contributed by atoms with Gasteiger partial charge in [0.2, 0.25) is 10.0 Å². The Morgan fingerprint density at radius 2 is 1.61 bits per heavy atom. The molecule has 1 fully saturated rings. The zero-order valence-corrected chi connectivity index (χ0v) is 21.9. The number of benzene rings is 3. The maximum absolute atomic E-state index is 13.7. The van der Waals surface area contributed by atoms with E-state index in [9.17, 15) is 13.2 Å². The molecule has 1 unspecified atom stereocenters. The Morgan fingerprint density at radius 1 is 0.944 bits per heavy atom. The normalized spacial score (nSPS) is 14.4. The molecule has 3 aromatic carbocycles. The topological polar surface area (TPSA) is 87.3 Å². The number of rotatable bonds is 10. The highest BCUT2D eigenvalue weighted by Gasteiger charge is 2.25. The summed E-state index contributed by atoms with van der Waals surface area (Å²) < 4.78 is 30.3. The summed E-state index contributed by atoms with van der Waals surface area (Å²) in [6, 6.07) is 22.5. The van der Waals surface area contributed by atoms with Crippen LogP contribution in [0.4, 0.5) is 10.5 Å². The second-order valence-electron chi connectivity index (χ2n) is 9.84. The quantitative estimate of drug-likeness (QED) is 0.304. The monoisotopic (exact) mass is 505 g/mol. The summed E-state index contributed by atoms with van der Waals surface area (Å²) in [5, 5.41) is 5.74. The lowest BCUT2D eigenvalue weighted by Crippen LogP contribution is -2.30. The Morgan fingerprint density at radius 3 is 2.22 bits per heavy atom. The van der Waals surface area contributed by atoms with Crippen molar-refractivity contribution in [1.29, 1.82) is 0 Å². The molecule has 0 heterocycles. The number of anilines is 1. The number of amides is 2. The van der Waals surface area contributed by atoms with Gasteiger partial charge < -0.3 is 10.6 Å². The first-order valence-electron chi connectivity index (χ1n) is 12.6. The maximum Gasteiger partial charge on any atom is 0.319 e. The highest BCUT2D eigenvalue weighted by atomic mass is 32.2. The Bertz CT molecular complexity index is 1290. The molecule has 3 aromatic rings. The SMILES string of the molecule is CCc1ccc(-c2ccc(NC(=O)NC3CC3)cc2)cc1S(=O)(=O)NC(CC(C)C)c1ccccc1. The van der Waals surface area contributed by atoms with E-state index in [-0.39, 0.29) is 18.1 Å². The van der Waals surface area contributed by atoms with Crippen molar-refractivity contribution in [2.75, 3.05) is 5.32 Å². The molecule has 0 radical (unpaired) electrons. The van der Waals surface area contributed by atoms with Crippen molar-refractivity contribution >= 4 is 21.7 Å². The predicted octanol–water partition coefficient (Wildman–Crippen LogP) is 6.27. The molecule has 0 saturated heterocycles. The average Bonchev–Trinajstić information content (AvgIpc) is 3.67. The van der Waals surface area contributed by atoms with Gasteiger partial charge in [-0.3, -0.25) is 0 Å². The highest BCUT2D eigenvalue weighted by molar-refractivity contribution is 7.89. The molecule has 6 nitrogen and oxygen atoms in total. The Kier molecular flexibility index (Phi) is 8.11. The number of nitrogens with one attached hydrogen (secondary N) is 3. The zero-order chi connectivity index (χ0) is 25.7. The first-order chi connectivity index (χ1) is 17.2. The molecule has 4 rings (SSSR count). The molecule has 7 heteroatoms. The third-order valence-corrected chi connectivity index (χ3v) is 7.89. The van der Waals surface area contributed by atoms with Gasteiger partial charge in [0.1, 0.15) is 0 Å². The smallest absolute Gasteiger partial charge is 0.319 e. The third kappa shape index (κ3) is 6.74. The summed E-state index contributed by atoms with van der Waals surface area (Å²) in [5.74, 6) is 0.327. The number of sulfonamides is 1. The molecule has 3 N–H and O–H groups in total. The van der Waals surface area contributed by atoms with Gasteiger partial charge in [0.15, 0.2) is 0 Å². The average molecular weight is 506 g/mol. The minimum Gasteiger partial charge on any atom is -0.335 e. The molecule has 2 amide bonds. The van der Waals surface area contributed by atoms with Crippen LogP contribution in [0, 0.1) is 5.92 Å². The highest BCUT2D eigenvalue weighted by Crippen LogP contribution is 2.29. The van der Waals surface area contributed by atoms with E-state index in [0.717, 1.165) is 35.1 Å². The minimum absolute atomic E-state index is 0.202. The van der Waals surface area contributed by atoms with Gasteiger partial charge in [-0.25, -0.2) is 17.9 Å². The van der Waals surface area contributed by atoms with Gasteiger partial charge in [0, 0.05) is 17.8 Å². The number of hydrogen-bond acceptors (Lipinski definition) is 3. The van der Waals surface area contributed by atoms with Gasteiger partial charge in [-0.15, -0.1) is 0 Å². The fourth-order valence-electron chi connectivity index (χ4n) is 4.26. The van der Waals surface area contributed by atoms with Crippen LogP contribution in [-0.2, 0) is 16.4 Å². The van der Waals surface area contributed by atoms with Gasteiger partial charge in [-0.05, 0) is 72.1 Å². The molecule has 36 heavy (non-hydrogen) atoms. The fraction of sp³-hybridized carbons (Fsp3) is 0.345. The summed E-state index contributed by atoms with van der Waals surface area (Å²) in [6.45, 7) is 6.15. The van der Waals surface area contributed by atoms with Crippen LogP contribution in [0.2, 0.25) is 0 Å². The largest absolute Gasteiger partial charge is 0.335 e. The van der Waals surface area contributed by atoms with E-state index >= 15 is 0 Å². The van der Waals surface area contributed by atoms with E-state index in [1.807, 2.05) is 73.7 Å². The van der Waals surface area contributed by atoms with Crippen molar-refractivity contribution in [2.24, 2.45) is 5.92 Å². The number of hydrogen-bond donors (Lipinski definition) is 3. The lowest BCUT2D eigenvalue weighted by molar-refractivity contribution is 0.251. The van der Waals surface area contributed by atoms with E-state index in [0.29, 0.717) is 29.3 Å². The molecule has 0 aliphatic heterocycles. The summed E-state index contributed by atoms with van der Waals surface area (Å²) in [6.07, 6.45) is 3.37. The van der Waals surface area contributed by atoms with Crippen LogP contribution in [0.3, 0.4) is 0 Å². The molecule has 1 aliphatic carbocycles. The van der Waals surface area contributed by atoms with Crippen molar-refractivity contribution in [3.05, 3.63) is 83.9 Å². The van der Waals surface area contributed by atoms with Crippen LogP contribution >= 0.6 is 0 Å². The van der Waals surface area contributed by atoms with E-state index in [2.05, 4.69) is 29.2 Å². The van der Waals surface area contributed by atoms with Gasteiger partial charge in [-0.2, -0.15) is 0 Å². The zero-order valence-electron chi connectivity index (χ0n) is 21.1. The van der Waals surface area contributed by atoms with Crippen LogP contribution in [0.15, 0.2) is 77.7 Å². The van der Waals surface area contributed by atoms with Crippen LogP contribution in [0.5, 0.6) is 0 Å². The number of carbonyl (C=O) groups excluding carboxylic acids is 1. The first-order valence-corrected chi connectivity index (χ1v) is 14.1. The third-order valence-electron chi connectivity index (χ3n) is 6.33. The molecule has 190 valence electrons. The van der Waals surface area contributed by atoms with E-state index in [1.54, 1.807) is 6.07 Å². The van der Waals surface area contributed by atoms with Gasteiger partial charge in [-0.1, -0.05) is 75.4 Å². The summed E-state index contributed by atoms with van der Waals surface area (Å²) in [5.41, 5.74) is 4.11. The Hall–Kier alpha value is -3.16. The first kappa shape index (κ1) is 25.9.